The molecule has 34 heavy (non-hydrogen) atoms. The highest BCUT2D eigenvalue weighted by Crippen LogP contribution is 2.41. The van der Waals surface area contributed by atoms with Crippen molar-refractivity contribution in [3.8, 4) is 0 Å². The summed E-state index contributed by atoms with van der Waals surface area (Å²) >= 11 is 0. The molecule has 1 atom stereocenters. The van der Waals surface area contributed by atoms with Crippen molar-refractivity contribution in [3.05, 3.63) is 59.4 Å². The second-order valence-corrected chi connectivity index (χ2v) is 11.3. The lowest BCUT2D eigenvalue weighted by atomic mass is 9.71. The molecule has 0 aliphatic heterocycles. The number of benzene rings is 2. The third-order valence-corrected chi connectivity index (χ3v) is 5.73. The fraction of sp³-hybridized carbons (Fsp3) is 0.500. The highest BCUT2D eigenvalue weighted by molar-refractivity contribution is 5.87. The molecule has 0 radical (unpaired) electrons. The lowest BCUT2D eigenvalue weighted by Crippen LogP contribution is -2.39. The molecule has 0 saturated heterocycles. The molecule has 2 aromatic rings. The third kappa shape index (κ3) is 8.47. The number of carbonyl (C=O) groups excluding carboxylic acids is 1. The first kappa shape index (κ1) is 27.4. The van der Waals surface area contributed by atoms with Crippen molar-refractivity contribution in [2.75, 3.05) is 18.5 Å². The molecule has 186 valence electrons. The molecule has 0 spiro atoms. The summed E-state index contributed by atoms with van der Waals surface area (Å²) < 4.78 is 18.6. The number of ether oxygens (including phenoxy) is 1. The average Bonchev–Trinajstić information content (AvgIpc) is 2.76. The quantitative estimate of drug-likeness (QED) is 0.315. The molecule has 0 saturated carbocycles. The Labute approximate surface area is 204 Å². The number of hydrogen-bond acceptors (Lipinski definition) is 4. The minimum atomic E-state index is -0.398. The molecule has 0 aliphatic rings. The van der Waals surface area contributed by atoms with Crippen LogP contribution in [-0.4, -0.2) is 25.5 Å². The fourth-order valence-corrected chi connectivity index (χ4v) is 3.85. The van der Waals surface area contributed by atoms with Gasteiger partial charge in [-0.25, -0.2) is 9.18 Å². The monoisotopic (exact) mass is 469 g/mol. The number of alkyl carbamates (subject to hydrolysis) is 1. The van der Waals surface area contributed by atoms with Crippen molar-refractivity contribution in [1.29, 1.82) is 5.41 Å². The smallest absolute Gasteiger partial charge is 0.407 e. The van der Waals surface area contributed by atoms with Crippen molar-refractivity contribution < 1.29 is 13.9 Å². The van der Waals surface area contributed by atoms with E-state index in [1.807, 2.05) is 32.9 Å². The van der Waals surface area contributed by atoms with Gasteiger partial charge in [0.15, 0.2) is 0 Å². The zero-order valence-electron chi connectivity index (χ0n) is 21.6. The van der Waals surface area contributed by atoms with Gasteiger partial charge >= 0.3 is 6.09 Å². The second-order valence-electron chi connectivity index (χ2n) is 11.3. The Hall–Kier alpha value is -2.89. The van der Waals surface area contributed by atoms with E-state index in [2.05, 4.69) is 44.4 Å². The molecule has 0 aliphatic carbocycles. The molecular formula is C28H40FN3O2. The topological polar surface area (TPSA) is 74.2 Å². The van der Waals surface area contributed by atoms with Crippen LogP contribution in [0.3, 0.4) is 0 Å². The van der Waals surface area contributed by atoms with E-state index < -0.39 is 6.09 Å². The van der Waals surface area contributed by atoms with Crippen molar-refractivity contribution in [1.82, 2.24) is 5.32 Å². The Morgan fingerprint density at radius 2 is 1.74 bits per heavy atom. The maximum Gasteiger partial charge on any atom is 0.407 e. The first-order valence-electron chi connectivity index (χ1n) is 11.9. The largest absolute Gasteiger partial charge is 0.449 e. The van der Waals surface area contributed by atoms with Gasteiger partial charge in [0, 0.05) is 29.7 Å². The molecular weight excluding hydrogens is 429 g/mol. The number of rotatable bonds is 10. The van der Waals surface area contributed by atoms with E-state index in [4.69, 9.17) is 10.1 Å². The lowest BCUT2D eigenvalue weighted by molar-refractivity contribution is 0.101. The minimum absolute atomic E-state index is 0.0834. The number of halogens is 1. The zero-order valence-corrected chi connectivity index (χ0v) is 21.6. The van der Waals surface area contributed by atoms with Crippen molar-refractivity contribution in [2.45, 2.75) is 60.8 Å². The number of amides is 1. The molecule has 1 amide bonds. The molecule has 0 bridgehead atoms. The summed E-state index contributed by atoms with van der Waals surface area (Å²) in [6.07, 6.45) is 1.87. The Balaban J connectivity index is 2.22. The van der Waals surface area contributed by atoms with Crippen LogP contribution in [0.4, 0.5) is 20.6 Å². The summed E-state index contributed by atoms with van der Waals surface area (Å²) in [5.74, 6) is 0.328. The van der Waals surface area contributed by atoms with Crippen molar-refractivity contribution in [3.63, 3.8) is 0 Å². The van der Waals surface area contributed by atoms with Gasteiger partial charge in [0.2, 0.25) is 0 Å². The Kier molecular flexibility index (Phi) is 9.25. The minimum Gasteiger partial charge on any atom is -0.449 e. The van der Waals surface area contributed by atoms with Gasteiger partial charge in [0.05, 0.1) is 6.61 Å². The number of carbonyl (C=O) groups is 1. The van der Waals surface area contributed by atoms with Gasteiger partial charge in [0.25, 0.3) is 0 Å². The second kappa shape index (κ2) is 11.5. The first-order valence-corrected chi connectivity index (χ1v) is 11.9. The van der Waals surface area contributed by atoms with Gasteiger partial charge in [-0.1, -0.05) is 54.5 Å². The van der Waals surface area contributed by atoms with Crippen LogP contribution in [0.25, 0.3) is 0 Å². The number of nitrogens with one attached hydrogen (secondary N) is 3. The Morgan fingerprint density at radius 3 is 2.29 bits per heavy atom. The Morgan fingerprint density at radius 1 is 1.09 bits per heavy atom. The van der Waals surface area contributed by atoms with Crippen molar-refractivity contribution >= 4 is 23.7 Å². The third-order valence-electron chi connectivity index (χ3n) is 5.73. The van der Waals surface area contributed by atoms with Crippen LogP contribution in [0.5, 0.6) is 0 Å². The normalized spacial score (nSPS) is 12.9. The molecule has 0 heterocycles. The van der Waals surface area contributed by atoms with E-state index in [-0.39, 0.29) is 22.6 Å². The van der Waals surface area contributed by atoms with Gasteiger partial charge in [-0.2, -0.15) is 0 Å². The van der Waals surface area contributed by atoms with Crippen LogP contribution in [0.15, 0.2) is 42.5 Å². The molecule has 1 unspecified atom stereocenters. The number of anilines is 2. The van der Waals surface area contributed by atoms with Crippen LogP contribution >= 0.6 is 0 Å². The molecule has 2 rings (SSSR count). The maximum absolute atomic E-state index is 13.2. The van der Waals surface area contributed by atoms with Crippen LogP contribution in [-0.2, 0) is 4.74 Å². The SMILES string of the molecule is CC(C)CC(c1ccc(Nc2ccc(F)cc2)c(C=N)c1)C(C)(C)CNC(=O)OCC(C)(C)C. The first-order chi connectivity index (χ1) is 15.8. The summed E-state index contributed by atoms with van der Waals surface area (Å²) in [5.41, 5.74) is 3.09. The van der Waals surface area contributed by atoms with Gasteiger partial charge in [0.1, 0.15) is 5.82 Å². The van der Waals surface area contributed by atoms with E-state index in [1.165, 1.54) is 18.3 Å². The van der Waals surface area contributed by atoms with E-state index in [9.17, 15) is 9.18 Å². The summed E-state index contributed by atoms with van der Waals surface area (Å²) in [6, 6.07) is 12.2. The van der Waals surface area contributed by atoms with E-state index >= 15 is 0 Å². The predicted octanol–water partition coefficient (Wildman–Crippen LogP) is 7.50. The van der Waals surface area contributed by atoms with Crippen LogP contribution in [0.2, 0.25) is 0 Å². The Bertz CT molecular complexity index is 963. The van der Waals surface area contributed by atoms with Gasteiger partial charge in [-0.3, -0.25) is 0 Å². The van der Waals surface area contributed by atoms with Gasteiger partial charge in [-0.05, 0) is 71.0 Å². The molecule has 5 nitrogen and oxygen atoms in total. The summed E-state index contributed by atoms with van der Waals surface area (Å²) in [7, 11) is 0. The molecule has 0 fully saturated rings. The summed E-state index contributed by atoms with van der Waals surface area (Å²) in [5, 5.41) is 14.2. The summed E-state index contributed by atoms with van der Waals surface area (Å²) in [4.78, 5) is 12.3. The number of hydrogen-bond donors (Lipinski definition) is 3. The van der Waals surface area contributed by atoms with Crippen LogP contribution in [0, 0.1) is 28.0 Å². The predicted molar refractivity (Wildman–Crippen MR) is 139 cm³/mol. The van der Waals surface area contributed by atoms with E-state index in [0.29, 0.717) is 19.1 Å². The standard InChI is InChI=1S/C28H40FN3O2/c1-19(2)14-24(28(6,7)17-31-26(33)34-18-27(3,4)5)20-8-13-25(21(15-20)16-30)32-23-11-9-22(29)10-12-23/h8-13,15-16,19,24,30,32H,14,17-18H2,1-7H3,(H,31,33). The molecule has 0 aromatic heterocycles. The van der Waals surface area contributed by atoms with Gasteiger partial charge < -0.3 is 20.8 Å². The van der Waals surface area contributed by atoms with E-state index in [0.717, 1.165) is 28.9 Å². The lowest BCUT2D eigenvalue weighted by Gasteiger charge is -2.36. The molecule has 6 heteroatoms. The fourth-order valence-electron chi connectivity index (χ4n) is 3.85. The average molecular weight is 470 g/mol. The van der Waals surface area contributed by atoms with Crippen molar-refractivity contribution in [2.24, 2.45) is 16.7 Å². The van der Waals surface area contributed by atoms with E-state index in [1.54, 1.807) is 12.1 Å². The summed E-state index contributed by atoms with van der Waals surface area (Å²) in [6.45, 7) is 15.6. The maximum atomic E-state index is 13.2. The zero-order chi connectivity index (χ0) is 25.5. The highest BCUT2D eigenvalue weighted by atomic mass is 19.1. The van der Waals surface area contributed by atoms with Crippen LogP contribution < -0.4 is 10.6 Å². The molecule has 2 aromatic carbocycles. The van der Waals surface area contributed by atoms with Gasteiger partial charge in [-0.15, -0.1) is 0 Å². The van der Waals surface area contributed by atoms with Crippen LogP contribution in [0.1, 0.15) is 71.9 Å². The molecule has 3 N–H and O–H groups in total. The highest BCUT2D eigenvalue weighted by Gasteiger charge is 2.32.